The number of carbonyl (C=O) groups is 1. The Labute approximate surface area is 137 Å². The minimum Gasteiger partial charge on any atom is -0.469 e. The molecule has 2 aromatic heterocycles. The lowest BCUT2D eigenvalue weighted by molar-refractivity contribution is -0.121. The predicted molar refractivity (Wildman–Crippen MR) is 83.3 cm³/mol. The van der Waals surface area contributed by atoms with Crippen molar-refractivity contribution < 1.29 is 18.1 Å². The van der Waals surface area contributed by atoms with E-state index in [1.54, 1.807) is 31.4 Å². The number of aryl methyl sites for hydroxylation is 1. The molecule has 3 rings (SSSR count). The van der Waals surface area contributed by atoms with Crippen molar-refractivity contribution in [2.24, 2.45) is 0 Å². The van der Waals surface area contributed by atoms with Gasteiger partial charge in [-0.1, -0.05) is 5.16 Å². The van der Waals surface area contributed by atoms with E-state index in [0.717, 1.165) is 5.76 Å². The minimum atomic E-state index is -0.421. The lowest BCUT2D eigenvalue weighted by Crippen LogP contribution is -2.27. The lowest BCUT2D eigenvalue weighted by Gasteiger charge is -2.08. The summed E-state index contributed by atoms with van der Waals surface area (Å²) in [6, 6.07) is 8.97. The van der Waals surface area contributed by atoms with Gasteiger partial charge in [0.1, 0.15) is 17.6 Å². The van der Waals surface area contributed by atoms with Gasteiger partial charge in [0, 0.05) is 18.4 Å². The van der Waals surface area contributed by atoms with E-state index in [2.05, 4.69) is 15.5 Å². The molecule has 3 aromatic rings. The van der Waals surface area contributed by atoms with Crippen LogP contribution in [0.3, 0.4) is 0 Å². The highest BCUT2D eigenvalue weighted by Gasteiger charge is 2.17. The van der Waals surface area contributed by atoms with Crippen LogP contribution in [-0.2, 0) is 11.2 Å². The van der Waals surface area contributed by atoms with Crippen molar-refractivity contribution in [2.75, 3.05) is 0 Å². The second kappa shape index (κ2) is 7.08. The van der Waals surface area contributed by atoms with Gasteiger partial charge in [-0.05, 0) is 43.3 Å². The number of aromatic nitrogens is 2. The van der Waals surface area contributed by atoms with E-state index in [1.165, 1.54) is 12.1 Å². The Morgan fingerprint density at radius 1 is 1.29 bits per heavy atom. The summed E-state index contributed by atoms with van der Waals surface area (Å²) in [7, 11) is 0. The molecule has 0 radical (unpaired) electrons. The van der Waals surface area contributed by atoms with Gasteiger partial charge in [0.15, 0.2) is 0 Å². The van der Waals surface area contributed by atoms with Crippen LogP contribution in [-0.4, -0.2) is 16.0 Å². The molecule has 0 bridgehead atoms. The molecule has 0 aliphatic heterocycles. The number of nitrogens with zero attached hydrogens (tertiary/aromatic N) is 2. The zero-order chi connectivity index (χ0) is 16.9. The molecular weight excluding hydrogens is 313 g/mol. The topological polar surface area (TPSA) is 81.2 Å². The van der Waals surface area contributed by atoms with Crippen molar-refractivity contribution in [1.82, 2.24) is 15.5 Å². The molecular formula is C17H16FN3O3. The number of hydrogen-bond acceptors (Lipinski definition) is 5. The molecule has 1 N–H and O–H groups in total. The van der Waals surface area contributed by atoms with Gasteiger partial charge in [0.05, 0.1) is 6.26 Å². The quantitative estimate of drug-likeness (QED) is 0.750. The fourth-order valence-corrected chi connectivity index (χ4v) is 2.19. The highest BCUT2D eigenvalue weighted by molar-refractivity contribution is 5.76. The number of furan rings is 1. The SMILES string of the molecule is CC(NC(=O)CCc1ccco1)c1nc(-c2ccc(F)cc2)no1. The molecule has 0 aliphatic rings. The lowest BCUT2D eigenvalue weighted by atomic mass is 10.2. The minimum absolute atomic E-state index is 0.138. The Hall–Kier alpha value is -2.96. The summed E-state index contributed by atoms with van der Waals surface area (Å²) in [5, 5.41) is 6.65. The van der Waals surface area contributed by atoms with E-state index in [4.69, 9.17) is 8.94 Å². The first-order chi connectivity index (χ1) is 11.6. The van der Waals surface area contributed by atoms with Crippen LogP contribution in [0.25, 0.3) is 11.4 Å². The fraction of sp³-hybridized carbons (Fsp3) is 0.235. The number of amides is 1. The van der Waals surface area contributed by atoms with Crippen LogP contribution in [0.1, 0.15) is 31.0 Å². The second-order valence-electron chi connectivity index (χ2n) is 5.33. The average molecular weight is 329 g/mol. The van der Waals surface area contributed by atoms with Crippen molar-refractivity contribution in [3.8, 4) is 11.4 Å². The summed E-state index contributed by atoms with van der Waals surface area (Å²) in [5.41, 5.74) is 0.641. The van der Waals surface area contributed by atoms with Crippen LogP contribution in [0.4, 0.5) is 4.39 Å². The van der Waals surface area contributed by atoms with Crippen LogP contribution >= 0.6 is 0 Å². The summed E-state index contributed by atoms with van der Waals surface area (Å²) in [4.78, 5) is 16.2. The molecule has 0 spiro atoms. The van der Waals surface area contributed by atoms with Crippen molar-refractivity contribution in [1.29, 1.82) is 0 Å². The fourth-order valence-electron chi connectivity index (χ4n) is 2.19. The molecule has 2 heterocycles. The molecule has 0 fully saturated rings. The Morgan fingerprint density at radius 2 is 2.08 bits per heavy atom. The number of hydrogen-bond donors (Lipinski definition) is 1. The zero-order valence-electron chi connectivity index (χ0n) is 13.0. The molecule has 0 aliphatic carbocycles. The van der Waals surface area contributed by atoms with Gasteiger partial charge < -0.3 is 14.3 Å². The molecule has 1 unspecified atom stereocenters. The molecule has 0 saturated heterocycles. The van der Waals surface area contributed by atoms with E-state index in [0.29, 0.717) is 30.1 Å². The van der Waals surface area contributed by atoms with Gasteiger partial charge in [-0.25, -0.2) is 4.39 Å². The van der Waals surface area contributed by atoms with Crippen molar-refractivity contribution in [2.45, 2.75) is 25.8 Å². The molecule has 0 saturated carbocycles. The second-order valence-corrected chi connectivity index (χ2v) is 5.33. The van der Waals surface area contributed by atoms with Crippen molar-refractivity contribution in [3.63, 3.8) is 0 Å². The third kappa shape index (κ3) is 3.87. The summed E-state index contributed by atoms with van der Waals surface area (Å²) in [6.07, 6.45) is 2.40. The van der Waals surface area contributed by atoms with Crippen LogP contribution in [0.5, 0.6) is 0 Å². The maximum Gasteiger partial charge on any atom is 0.249 e. The Kier molecular flexibility index (Phi) is 4.69. The Bertz CT molecular complexity index is 797. The van der Waals surface area contributed by atoms with E-state index >= 15 is 0 Å². The van der Waals surface area contributed by atoms with E-state index in [1.807, 2.05) is 6.07 Å². The monoisotopic (exact) mass is 329 g/mol. The largest absolute Gasteiger partial charge is 0.469 e. The summed E-state index contributed by atoms with van der Waals surface area (Å²) < 4.78 is 23.3. The first-order valence-corrected chi connectivity index (χ1v) is 7.53. The zero-order valence-corrected chi connectivity index (χ0v) is 13.0. The predicted octanol–water partition coefficient (Wildman–Crippen LogP) is 3.28. The number of rotatable bonds is 6. The maximum atomic E-state index is 12.9. The van der Waals surface area contributed by atoms with Crippen molar-refractivity contribution >= 4 is 5.91 Å². The highest BCUT2D eigenvalue weighted by Crippen LogP contribution is 2.19. The molecule has 1 amide bonds. The van der Waals surface area contributed by atoms with Gasteiger partial charge in [-0.3, -0.25) is 4.79 Å². The van der Waals surface area contributed by atoms with Crippen molar-refractivity contribution in [3.05, 3.63) is 60.1 Å². The Balaban J connectivity index is 1.58. The molecule has 7 heteroatoms. The van der Waals surface area contributed by atoms with E-state index < -0.39 is 6.04 Å². The number of nitrogens with one attached hydrogen (secondary N) is 1. The van der Waals surface area contributed by atoms with Gasteiger partial charge in [0.2, 0.25) is 17.6 Å². The highest BCUT2D eigenvalue weighted by atomic mass is 19.1. The number of carbonyl (C=O) groups excluding carboxylic acids is 1. The maximum absolute atomic E-state index is 12.9. The summed E-state index contributed by atoms with van der Waals surface area (Å²) in [6.45, 7) is 1.76. The third-order valence-electron chi connectivity index (χ3n) is 3.47. The van der Waals surface area contributed by atoms with Gasteiger partial charge in [-0.2, -0.15) is 4.98 Å². The summed E-state index contributed by atoms with van der Waals surface area (Å²) in [5.74, 6) is 0.927. The molecule has 1 aromatic carbocycles. The number of halogens is 1. The third-order valence-corrected chi connectivity index (χ3v) is 3.47. The summed E-state index contributed by atoms with van der Waals surface area (Å²) >= 11 is 0. The van der Waals surface area contributed by atoms with Crippen LogP contribution in [0.2, 0.25) is 0 Å². The van der Waals surface area contributed by atoms with E-state index in [9.17, 15) is 9.18 Å². The normalized spacial score (nSPS) is 12.1. The smallest absolute Gasteiger partial charge is 0.249 e. The van der Waals surface area contributed by atoms with Crippen LogP contribution < -0.4 is 5.32 Å². The molecule has 6 nitrogen and oxygen atoms in total. The molecule has 124 valence electrons. The number of benzene rings is 1. The first kappa shape index (κ1) is 15.9. The van der Waals surface area contributed by atoms with Gasteiger partial charge in [0.25, 0.3) is 0 Å². The van der Waals surface area contributed by atoms with Crippen LogP contribution in [0, 0.1) is 5.82 Å². The molecule has 24 heavy (non-hydrogen) atoms. The van der Waals surface area contributed by atoms with Gasteiger partial charge >= 0.3 is 0 Å². The van der Waals surface area contributed by atoms with E-state index in [-0.39, 0.29) is 11.7 Å². The first-order valence-electron chi connectivity index (χ1n) is 7.53. The van der Waals surface area contributed by atoms with Gasteiger partial charge in [-0.15, -0.1) is 0 Å². The Morgan fingerprint density at radius 3 is 2.79 bits per heavy atom. The standard InChI is InChI=1S/C17H16FN3O3/c1-11(19-15(22)9-8-14-3-2-10-23-14)17-20-16(21-24-17)12-4-6-13(18)7-5-12/h2-7,10-11H,8-9H2,1H3,(H,19,22). The van der Waals surface area contributed by atoms with Crippen LogP contribution in [0.15, 0.2) is 51.6 Å². The average Bonchev–Trinajstić information content (AvgIpc) is 3.25. The molecule has 1 atom stereocenters.